The zero-order chi connectivity index (χ0) is 15.5. The van der Waals surface area contributed by atoms with E-state index < -0.39 is 0 Å². The van der Waals surface area contributed by atoms with Crippen molar-refractivity contribution >= 4 is 0 Å². The Kier molecular flexibility index (Phi) is 6.10. The second-order valence-corrected chi connectivity index (χ2v) is 8.25. The molecule has 0 aromatic rings. The molecule has 0 aromatic heterocycles. The molecule has 3 nitrogen and oxygen atoms in total. The minimum atomic E-state index is 0.469. The van der Waals surface area contributed by atoms with Gasteiger partial charge < -0.3 is 10.5 Å². The summed E-state index contributed by atoms with van der Waals surface area (Å²) in [4.78, 5) is 2.65. The maximum atomic E-state index is 6.15. The number of hydrogen-bond acceptors (Lipinski definition) is 3. The van der Waals surface area contributed by atoms with Crippen LogP contribution in [0.5, 0.6) is 0 Å². The molecule has 2 aliphatic rings. The number of nitrogens with two attached hydrogens (primary N) is 1. The van der Waals surface area contributed by atoms with E-state index in [2.05, 4.69) is 25.7 Å². The molecule has 1 saturated carbocycles. The number of methoxy groups -OCH3 is 1. The van der Waals surface area contributed by atoms with Gasteiger partial charge in [-0.3, -0.25) is 4.90 Å². The van der Waals surface area contributed by atoms with Crippen LogP contribution in [0.15, 0.2) is 0 Å². The molecular weight excluding hydrogens is 260 g/mol. The van der Waals surface area contributed by atoms with Gasteiger partial charge in [-0.25, -0.2) is 0 Å². The summed E-state index contributed by atoms with van der Waals surface area (Å²) < 4.78 is 5.49. The third kappa shape index (κ3) is 4.43. The Hall–Kier alpha value is -0.120. The van der Waals surface area contributed by atoms with Crippen LogP contribution < -0.4 is 5.73 Å². The second-order valence-electron chi connectivity index (χ2n) is 8.25. The molecule has 0 amide bonds. The number of ether oxygens (including phenoxy) is 1. The Labute approximate surface area is 131 Å². The monoisotopic (exact) mass is 296 g/mol. The summed E-state index contributed by atoms with van der Waals surface area (Å²) in [6.45, 7) is 10.3. The van der Waals surface area contributed by atoms with E-state index in [1.54, 1.807) is 0 Å². The van der Waals surface area contributed by atoms with Crippen molar-refractivity contribution in [3.05, 3.63) is 0 Å². The summed E-state index contributed by atoms with van der Waals surface area (Å²) in [5.74, 6) is 1.71. The molecule has 124 valence electrons. The van der Waals surface area contributed by atoms with Crippen molar-refractivity contribution in [1.82, 2.24) is 4.90 Å². The molecule has 0 spiro atoms. The first-order chi connectivity index (χ1) is 9.95. The van der Waals surface area contributed by atoms with Gasteiger partial charge in [0.25, 0.3) is 0 Å². The molecule has 1 saturated heterocycles. The summed E-state index contributed by atoms with van der Waals surface area (Å²) in [7, 11) is 1.84. The van der Waals surface area contributed by atoms with Gasteiger partial charge >= 0.3 is 0 Å². The molecule has 0 aromatic carbocycles. The van der Waals surface area contributed by atoms with Gasteiger partial charge in [0.2, 0.25) is 0 Å². The van der Waals surface area contributed by atoms with Crippen molar-refractivity contribution in [1.29, 1.82) is 0 Å². The predicted molar refractivity (Wildman–Crippen MR) is 89.3 cm³/mol. The van der Waals surface area contributed by atoms with E-state index in [1.807, 2.05) is 7.11 Å². The Balaban J connectivity index is 1.85. The topological polar surface area (TPSA) is 38.5 Å². The summed E-state index contributed by atoms with van der Waals surface area (Å²) >= 11 is 0. The maximum absolute atomic E-state index is 6.15. The van der Waals surface area contributed by atoms with Crippen LogP contribution >= 0.6 is 0 Å². The van der Waals surface area contributed by atoms with Crippen molar-refractivity contribution in [3.8, 4) is 0 Å². The number of nitrogens with zero attached hydrogens (tertiary/aromatic N) is 1. The first kappa shape index (κ1) is 17.2. The molecule has 2 N–H and O–H groups in total. The molecule has 0 radical (unpaired) electrons. The lowest BCUT2D eigenvalue weighted by Crippen LogP contribution is -2.50. The fourth-order valence-corrected chi connectivity index (χ4v) is 4.45. The van der Waals surface area contributed by atoms with Crippen LogP contribution in [0.1, 0.15) is 59.3 Å². The number of hydrogen-bond donors (Lipinski definition) is 1. The van der Waals surface area contributed by atoms with Crippen LogP contribution in [0.2, 0.25) is 0 Å². The molecule has 1 unspecified atom stereocenters. The quantitative estimate of drug-likeness (QED) is 0.865. The van der Waals surface area contributed by atoms with Crippen molar-refractivity contribution in [2.45, 2.75) is 71.4 Å². The lowest BCUT2D eigenvalue weighted by Gasteiger charge is -2.44. The Morgan fingerprint density at radius 1 is 1.05 bits per heavy atom. The molecule has 0 bridgehead atoms. The van der Waals surface area contributed by atoms with Crippen molar-refractivity contribution in [2.75, 3.05) is 26.7 Å². The standard InChI is InChI=1S/C18H36N2O/c1-18(2,3)15-7-5-14(6-8-15)17(13-19)20-11-9-16(21-4)10-12-20/h14-17H,5-13,19H2,1-4H3. The average molecular weight is 296 g/mol. The highest BCUT2D eigenvalue weighted by Gasteiger charge is 2.35. The van der Waals surface area contributed by atoms with Gasteiger partial charge in [0.1, 0.15) is 0 Å². The van der Waals surface area contributed by atoms with E-state index in [0.717, 1.165) is 18.4 Å². The fraction of sp³-hybridized carbons (Fsp3) is 1.00. The van der Waals surface area contributed by atoms with Gasteiger partial charge in [0.15, 0.2) is 0 Å². The third-order valence-electron chi connectivity index (χ3n) is 6.06. The van der Waals surface area contributed by atoms with E-state index in [-0.39, 0.29) is 0 Å². The Bertz CT molecular complexity index is 297. The Morgan fingerprint density at radius 2 is 1.62 bits per heavy atom. The zero-order valence-electron chi connectivity index (χ0n) is 14.6. The highest BCUT2D eigenvalue weighted by molar-refractivity contribution is 4.89. The first-order valence-corrected chi connectivity index (χ1v) is 8.92. The SMILES string of the molecule is COC1CCN(C(CN)C2CCC(C(C)(C)C)CC2)CC1. The van der Waals surface area contributed by atoms with Crippen LogP contribution in [0, 0.1) is 17.3 Å². The molecule has 1 aliphatic carbocycles. The average Bonchev–Trinajstić information content (AvgIpc) is 2.48. The van der Waals surface area contributed by atoms with E-state index in [9.17, 15) is 0 Å². The molecular formula is C18H36N2O. The number of rotatable bonds is 4. The fourth-order valence-electron chi connectivity index (χ4n) is 4.45. The van der Waals surface area contributed by atoms with Gasteiger partial charge in [-0.1, -0.05) is 20.8 Å². The second kappa shape index (κ2) is 7.43. The molecule has 21 heavy (non-hydrogen) atoms. The van der Waals surface area contributed by atoms with Gasteiger partial charge in [-0.2, -0.15) is 0 Å². The van der Waals surface area contributed by atoms with Crippen molar-refractivity contribution < 1.29 is 4.74 Å². The first-order valence-electron chi connectivity index (χ1n) is 8.92. The molecule has 1 atom stereocenters. The van der Waals surface area contributed by atoms with Crippen LogP contribution in [-0.4, -0.2) is 43.8 Å². The summed E-state index contributed by atoms with van der Waals surface area (Å²) in [6, 6.07) is 0.601. The van der Waals surface area contributed by atoms with E-state index >= 15 is 0 Å². The Morgan fingerprint density at radius 3 is 2.05 bits per heavy atom. The van der Waals surface area contributed by atoms with Crippen LogP contribution in [0.4, 0.5) is 0 Å². The summed E-state index contributed by atoms with van der Waals surface area (Å²) in [5.41, 5.74) is 6.62. The largest absolute Gasteiger partial charge is 0.381 e. The van der Waals surface area contributed by atoms with Gasteiger partial charge in [-0.05, 0) is 55.8 Å². The number of likely N-dealkylation sites (tertiary alicyclic amines) is 1. The van der Waals surface area contributed by atoms with Crippen LogP contribution in [0.3, 0.4) is 0 Å². The van der Waals surface area contributed by atoms with Crippen molar-refractivity contribution in [3.63, 3.8) is 0 Å². The minimum absolute atomic E-state index is 0.469. The van der Waals surface area contributed by atoms with Gasteiger partial charge in [0, 0.05) is 32.8 Å². The van der Waals surface area contributed by atoms with E-state index in [1.165, 1.54) is 51.6 Å². The molecule has 1 aliphatic heterocycles. The minimum Gasteiger partial charge on any atom is -0.381 e. The van der Waals surface area contributed by atoms with Gasteiger partial charge in [-0.15, -0.1) is 0 Å². The van der Waals surface area contributed by atoms with Crippen molar-refractivity contribution in [2.24, 2.45) is 23.0 Å². The van der Waals surface area contributed by atoms with Crippen LogP contribution in [-0.2, 0) is 4.74 Å². The number of piperidine rings is 1. The highest BCUT2D eigenvalue weighted by Crippen LogP contribution is 2.41. The lowest BCUT2D eigenvalue weighted by atomic mass is 9.68. The lowest BCUT2D eigenvalue weighted by molar-refractivity contribution is 0.00882. The zero-order valence-corrected chi connectivity index (χ0v) is 14.6. The normalized spacial score (nSPS) is 31.3. The predicted octanol–water partition coefficient (Wildman–Crippen LogP) is 3.28. The third-order valence-corrected chi connectivity index (χ3v) is 6.06. The highest BCUT2D eigenvalue weighted by atomic mass is 16.5. The summed E-state index contributed by atoms with van der Waals surface area (Å²) in [6.07, 6.45) is 8.33. The molecule has 3 heteroatoms. The maximum Gasteiger partial charge on any atom is 0.0595 e. The smallest absolute Gasteiger partial charge is 0.0595 e. The molecule has 1 heterocycles. The molecule has 2 rings (SSSR count). The van der Waals surface area contributed by atoms with Crippen LogP contribution in [0.25, 0.3) is 0 Å². The van der Waals surface area contributed by atoms with Gasteiger partial charge in [0.05, 0.1) is 6.10 Å². The van der Waals surface area contributed by atoms with E-state index in [0.29, 0.717) is 17.6 Å². The van der Waals surface area contributed by atoms with E-state index in [4.69, 9.17) is 10.5 Å². The molecule has 2 fully saturated rings. The summed E-state index contributed by atoms with van der Waals surface area (Å²) in [5, 5.41) is 0.